The van der Waals surface area contributed by atoms with E-state index in [9.17, 15) is 8.42 Å². The minimum absolute atomic E-state index is 0.0162. The summed E-state index contributed by atoms with van der Waals surface area (Å²) in [5.41, 5.74) is 0.0162. The van der Waals surface area contributed by atoms with E-state index in [0.717, 1.165) is 32.3 Å². The van der Waals surface area contributed by atoms with Gasteiger partial charge in [-0.2, -0.15) is 0 Å². The zero-order valence-corrected chi connectivity index (χ0v) is 13.3. The van der Waals surface area contributed by atoms with Crippen LogP contribution < -0.4 is 4.74 Å². The highest BCUT2D eigenvalue weighted by Gasteiger charge is 2.40. The van der Waals surface area contributed by atoms with Crippen molar-refractivity contribution in [1.29, 1.82) is 0 Å². The standard InChI is InChI=1S/C15H19ClO4S/c16-21(17,18)14-5-3-12(4-6-14)20-13-7-10-19-15(11-13)8-1-2-9-15/h3-6,13H,1-2,7-11H2. The Morgan fingerprint density at radius 2 is 1.86 bits per heavy atom. The summed E-state index contributed by atoms with van der Waals surface area (Å²) in [6.45, 7) is 0.735. The number of rotatable bonds is 3. The molecular weight excluding hydrogens is 312 g/mol. The van der Waals surface area contributed by atoms with Gasteiger partial charge in [-0.3, -0.25) is 0 Å². The van der Waals surface area contributed by atoms with Gasteiger partial charge in [0.1, 0.15) is 11.9 Å². The lowest BCUT2D eigenvalue weighted by Crippen LogP contribution is -2.41. The van der Waals surface area contributed by atoms with Gasteiger partial charge in [0.05, 0.1) is 17.1 Å². The Balaban J connectivity index is 1.66. The van der Waals surface area contributed by atoms with Crippen molar-refractivity contribution in [3.63, 3.8) is 0 Å². The Hall–Kier alpha value is -0.780. The van der Waals surface area contributed by atoms with Gasteiger partial charge in [0, 0.05) is 23.5 Å². The van der Waals surface area contributed by atoms with Crippen LogP contribution in [0, 0.1) is 0 Å². The van der Waals surface area contributed by atoms with Gasteiger partial charge < -0.3 is 9.47 Å². The Bertz CT molecular complexity index is 591. The fourth-order valence-corrected chi connectivity index (χ4v) is 4.09. The van der Waals surface area contributed by atoms with Crippen LogP contribution in [0.15, 0.2) is 29.2 Å². The largest absolute Gasteiger partial charge is 0.490 e. The summed E-state index contributed by atoms with van der Waals surface area (Å²) < 4.78 is 34.4. The average Bonchev–Trinajstić information content (AvgIpc) is 2.86. The molecule has 0 amide bonds. The predicted octanol–water partition coefficient (Wildman–Crippen LogP) is 3.48. The quantitative estimate of drug-likeness (QED) is 0.796. The van der Waals surface area contributed by atoms with Gasteiger partial charge in [0.2, 0.25) is 0 Å². The lowest BCUT2D eigenvalue weighted by molar-refractivity contribution is -0.108. The zero-order chi connectivity index (χ0) is 14.9. The first-order valence-corrected chi connectivity index (χ1v) is 9.63. The van der Waals surface area contributed by atoms with Gasteiger partial charge in [-0.25, -0.2) is 8.42 Å². The van der Waals surface area contributed by atoms with Crippen LogP contribution in [0.5, 0.6) is 5.75 Å². The molecule has 1 aliphatic carbocycles. The van der Waals surface area contributed by atoms with E-state index in [1.807, 2.05) is 0 Å². The summed E-state index contributed by atoms with van der Waals surface area (Å²) in [7, 11) is 1.63. The Morgan fingerprint density at radius 3 is 2.48 bits per heavy atom. The first-order chi connectivity index (χ1) is 9.97. The highest BCUT2D eigenvalue weighted by Crippen LogP contribution is 2.40. The van der Waals surface area contributed by atoms with Crippen molar-refractivity contribution < 1.29 is 17.9 Å². The highest BCUT2D eigenvalue weighted by molar-refractivity contribution is 8.13. The van der Waals surface area contributed by atoms with Gasteiger partial charge in [0.15, 0.2) is 0 Å². The summed E-state index contributed by atoms with van der Waals surface area (Å²) in [4.78, 5) is 0.0933. The Kier molecular flexibility index (Phi) is 4.17. The number of hydrogen-bond acceptors (Lipinski definition) is 4. The Morgan fingerprint density at radius 1 is 1.19 bits per heavy atom. The molecule has 1 aromatic rings. The zero-order valence-electron chi connectivity index (χ0n) is 11.8. The fourth-order valence-electron chi connectivity index (χ4n) is 3.32. The number of hydrogen-bond donors (Lipinski definition) is 0. The smallest absolute Gasteiger partial charge is 0.261 e. The molecule has 3 rings (SSSR count). The molecule has 0 aromatic heterocycles. The molecule has 1 atom stereocenters. The second kappa shape index (κ2) is 5.78. The molecule has 4 nitrogen and oxygen atoms in total. The van der Waals surface area contributed by atoms with E-state index < -0.39 is 9.05 Å². The molecule has 0 radical (unpaired) electrons. The molecule has 2 aliphatic rings. The van der Waals surface area contributed by atoms with E-state index in [4.69, 9.17) is 20.2 Å². The van der Waals surface area contributed by atoms with Crippen LogP contribution in [-0.2, 0) is 13.8 Å². The van der Waals surface area contributed by atoms with Crippen molar-refractivity contribution >= 4 is 19.7 Å². The lowest BCUT2D eigenvalue weighted by Gasteiger charge is -2.38. The molecular formula is C15H19ClO4S. The monoisotopic (exact) mass is 330 g/mol. The normalized spacial score (nSPS) is 25.1. The van der Waals surface area contributed by atoms with Gasteiger partial charge in [0.25, 0.3) is 9.05 Å². The van der Waals surface area contributed by atoms with Crippen LogP contribution in [0.4, 0.5) is 0 Å². The summed E-state index contributed by atoms with van der Waals surface area (Å²) in [6.07, 6.45) is 6.63. The molecule has 21 heavy (non-hydrogen) atoms. The third-order valence-corrected chi connectivity index (χ3v) is 5.74. The van der Waals surface area contributed by atoms with Crippen molar-refractivity contribution in [3.8, 4) is 5.75 Å². The summed E-state index contributed by atoms with van der Waals surface area (Å²) >= 11 is 0. The number of halogens is 1. The maximum absolute atomic E-state index is 11.2. The summed E-state index contributed by atoms with van der Waals surface area (Å²) in [5.74, 6) is 0.680. The fraction of sp³-hybridized carbons (Fsp3) is 0.600. The molecule has 116 valence electrons. The van der Waals surface area contributed by atoms with E-state index in [1.165, 1.54) is 25.0 Å². The second-order valence-corrected chi connectivity index (χ2v) is 8.45. The number of ether oxygens (including phenoxy) is 2. The van der Waals surface area contributed by atoms with Crippen molar-refractivity contribution in [3.05, 3.63) is 24.3 Å². The minimum Gasteiger partial charge on any atom is -0.490 e. The molecule has 1 saturated heterocycles. The first kappa shape index (κ1) is 15.1. The predicted molar refractivity (Wildman–Crippen MR) is 80.3 cm³/mol. The van der Waals surface area contributed by atoms with Gasteiger partial charge in [-0.05, 0) is 37.1 Å². The minimum atomic E-state index is -3.67. The first-order valence-electron chi connectivity index (χ1n) is 7.32. The molecule has 1 heterocycles. The van der Waals surface area contributed by atoms with Crippen LogP contribution in [0.25, 0.3) is 0 Å². The van der Waals surface area contributed by atoms with Gasteiger partial charge in [-0.1, -0.05) is 12.8 Å². The van der Waals surface area contributed by atoms with Crippen molar-refractivity contribution in [2.75, 3.05) is 6.61 Å². The van der Waals surface area contributed by atoms with Crippen LogP contribution in [0.2, 0.25) is 0 Å². The van der Waals surface area contributed by atoms with Crippen LogP contribution >= 0.6 is 10.7 Å². The molecule has 1 spiro atoms. The molecule has 2 fully saturated rings. The highest BCUT2D eigenvalue weighted by atomic mass is 35.7. The van der Waals surface area contributed by atoms with E-state index >= 15 is 0 Å². The van der Waals surface area contributed by atoms with Crippen LogP contribution in [0.1, 0.15) is 38.5 Å². The second-order valence-electron chi connectivity index (χ2n) is 5.88. The molecule has 0 N–H and O–H groups in total. The van der Waals surface area contributed by atoms with E-state index in [1.54, 1.807) is 12.1 Å². The van der Waals surface area contributed by atoms with E-state index in [2.05, 4.69) is 0 Å². The average molecular weight is 331 g/mol. The SMILES string of the molecule is O=S(=O)(Cl)c1ccc(OC2CCOC3(CCCC3)C2)cc1. The molecule has 1 aliphatic heterocycles. The molecule has 1 saturated carbocycles. The van der Waals surface area contributed by atoms with Crippen molar-refractivity contribution in [2.24, 2.45) is 0 Å². The van der Waals surface area contributed by atoms with Gasteiger partial charge in [-0.15, -0.1) is 0 Å². The van der Waals surface area contributed by atoms with Crippen LogP contribution in [0.3, 0.4) is 0 Å². The maximum atomic E-state index is 11.2. The van der Waals surface area contributed by atoms with Crippen molar-refractivity contribution in [2.45, 2.75) is 55.1 Å². The third kappa shape index (κ3) is 3.52. The molecule has 6 heteroatoms. The van der Waals surface area contributed by atoms with Crippen molar-refractivity contribution in [1.82, 2.24) is 0 Å². The Labute approximate surface area is 129 Å². The van der Waals surface area contributed by atoms with Gasteiger partial charge >= 0.3 is 0 Å². The van der Waals surface area contributed by atoms with E-state index in [-0.39, 0.29) is 16.6 Å². The lowest BCUT2D eigenvalue weighted by atomic mass is 9.90. The molecule has 0 bridgehead atoms. The maximum Gasteiger partial charge on any atom is 0.261 e. The molecule has 1 unspecified atom stereocenters. The van der Waals surface area contributed by atoms with Crippen LogP contribution in [-0.4, -0.2) is 26.7 Å². The third-order valence-electron chi connectivity index (χ3n) is 4.37. The topological polar surface area (TPSA) is 52.6 Å². The summed E-state index contributed by atoms with van der Waals surface area (Å²) in [5, 5.41) is 0. The molecule has 1 aromatic carbocycles. The summed E-state index contributed by atoms with van der Waals surface area (Å²) in [6, 6.07) is 6.27. The number of benzene rings is 1. The van der Waals surface area contributed by atoms with E-state index in [0.29, 0.717) is 5.75 Å².